The van der Waals surface area contributed by atoms with Crippen LogP contribution in [0.15, 0.2) is 42.0 Å². The molecule has 0 heterocycles. The van der Waals surface area contributed by atoms with Crippen molar-refractivity contribution in [1.29, 1.82) is 0 Å². The largest absolute Gasteiger partial charge is 0.283 e. The zero-order chi connectivity index (χ0) is 13.4. The van der Waals surface area contributed by atoms with E-state index in [2.05, 4.69) is 54.3 Å². The summed E-state index contributed by atoms with van der Waals surface area (Å²) in [6.45, 7) is 4.57. The SMILES string of the molecule is CCC1=[C]([Zr][C]2=C(CC)C=CC2)CC=C1.COCl. The molecule has 0 fully saturated rings. The Labute approximate surface area is 127 Å². The summed E-state index contributed by atoms with van der Waals surface area (Å²) >= 11 is 4.08. The number of hydrogen-bond acceptors (Lipinski definition) is 1. The molecule has 0 aromatic rings. The summed E-state index contributed by atoms with van der Waals surface area (Å²) in [5.74, 6) is 0. The van der Waals surface area contributed by atoms with Gasteiger partial charge >= 0.3 is 105 Å². The summed E-state index contributed by atoms with van der Waals surface area (Å²) in [6, 6.07) is 0. The normalized spacial score (nSPS) is 17.3. The molecule has 0 bridgehead atoms. The molecule has 0 saturated heterocycles. The van der Waals surface area contributed by atoms with Gasteiger partial charge in [0.2, 0.25) is 0 Å². The molecule has 1 nitrogen and oxygen atoms in total. The summed E-state index contributed by atoms with van der Waals surface area (Å²) in [5.41, 5.74) is 3.30. The number of rotatable bonds is 4. The van der Waals surface area contributed by atoms with E-state index in [4.69, 9.17) is 0 Å². The predicted molar refractivity (Wildman–Crippen MR) is 75.0 cm³/mol. The van der Waals surface area contributed by atoms with Gasteiger partial charge in [0.1, 0.15) is 0 Å². The maximum absolute atomic E-state index is 4.50. The Bertz CT molecular complexity index is 355. The van der Waals surface area contributed by atoms with Crippen LogP contribution in [0.2, 0.25) is 0 Å². The first-order chi connectivity index (χ1) is 8.76. The molecule has 0 amide bonds. The van der Waals surface area contributed by atoms with Gasteiger partial charge in [-0.15, -0.1) is 0 Å². The van der Waals surface area contributed by atoms with Crippen LogP contribution < -0.4 is 0 Å². The van der Waals surface area contributed by atoms with E-state index in [0.29, 0.717) is 0 Å². The van der Waals surface area contributed by atoms with E-state index in [1.165, 1.54) is 32.8 Å². The van der Waals surface area contributed by atoms with Crippen LogP contribution in [0.3, 0.4) is 0 Å². The van der Waals surface area contributed by atoms with Gasteiger partial charge in [-0.3, -0.25) is 4.29 Å². The minimum atomic E-state index is -0.417. The molecule has 2 aliphatic rings. The summed E-state index contributed by atoms with van der Waals surface area (Å²) in [4.78, 5) is 0. The minimum absolute atomic E-state index is 0.417. The molecule has 0 aromatic heterocycles. The number of hydrogen-bond donors (Lipinski definition) is 0. The number of allylic oxidation sites excluding steroid dienone is 8. The van der Waals surface area contributed by atoms with Crippen molar-refractivity contribution in [3.8, 4) is 0 Å². The van der Waals surface area contributed by atoms with Crippen LogP contribution in [0.25, 0.3) is 0 Å². The van der Waals surface area contributed by atoms with Crippen LogP contribution in [0.1, 0.15) is 39.5 Å². The second kappa shape index (κ2) is 9.07. The first-order valence-electron chi connectivity index (χ1n) is 6.45. The minimum Gasteiger partial charge on any atom is -0.283 e. The molecule has 0 radical (unpaired) electrons. The number of halogens is 1. The quantitative estimate of drug-likeness (QED) is 0.689. The van der Waals surface area contributed by atoms with Crippen molar-refractivity contribution >= 4 is 11.9 Å². The molecule has 0 unspecified atom stereocenters. The van der Waals surface area contributed by atoms with Crippen molar-refractivity contribution in [3.05, 3.63) is 42.0 Å². The van der Waals surface area contributed by atoms with Gasteiger partial charge in [0, 0.05) is 0 Å². The van der Waals surface area contributed by atoms with Crippen molar-refractivity contribution < 1.29 is 27.5 Å². The zero-order valence-electron chi connectivity index (χ0n) is 11.4. The Morgan fingerprint density at radius 1 is 1.06 bits per heavy atom. The fourth-order valence-corrected chi connectivity index (χ4v) is 6.25. The van der Waals surface area contributed by atoms with Gasteiger partial charge in [0.05, 0.1) is 19.0 Å². The standard InChI is InChI=1S/2C7H9.CH3ClO.Zr/c2*1-2-7-5-3-4-6-7;1-3-2;/h2*3,5H,2,4H2,1H3;1H3;. The smallest absolute Gasteiger partial charge is 0.0606 e. The maximum atomic E-state index is 4.50. The average molecular weight is 344 g/mol. The molecule has 2 rings (SSSR count). The summed E-state index contributed by atoms with van der Waals surface area (Å²) in [6.07, 6.45) is 14.4. The molecule has 0 aliphatic heterocycles. The molecular weight excluding hydrogens is 323 g/mol. The zero-order valence-corrected chi connectivity index (χ0v) is 14.6. The van der Waals surface area contributed by atoms with Crippen molar-refractivity contribution in [2.24, 2.45) is 0 Å². The van der Waals surface area contributed by atoms with Crippen molar-refractivity contribution in [2.75, 3.05) is 7.11 Å². The molecule has 18 heavy (non-hydrogen) atoms. The average Bonchev–Trinajstić information content (AvgIpc) is 2.99. The Kier molecular flexibility index (Phi) is 8.14. The third kappa shape index (κ3) is 4.65. The van der Waals surface area contributed by atoms with Gasteiger partial charge in [0.15, 0.2) is 0 Å². The van der Waals surface area contributed by atoms with E-state index in [1.54, 1.807) is 11.1 Å². The van der Waals surface area contributed by atoms with Gasteiger partial charge in [-0.2, -0.15) is 0 Å². The van der Waals surface area contributed by atoms with E-state index < -0.39 is 23.2 Å². The van der Waals surface area contributed by atoms with E-state index in [9.17, 15) is 0 Å². The molecule has 0 saturated carbocycles. The van der Waals surface area contributed by atoms with Crippen LogP contribution in [-0.4, -0.2) is 7.11 Å². The summed E-state index contributed by atoms with van der Waals surface area (Å²) < 4.78 is 7.37. The molecule has 98 valence electrons. The second-order valence-electron chi connectivity index (χ2n) is 4.21. The summed E-state index contributed by atoms with van der Waals surface area (Å²) in [5, 5.41) is 0. The topological polar surface area (TPSA) is 9.23 Å². The van der Waals surface area contributed by atoms with Crippen LogP contribution in [-0.2, 0) is 27.5 Å². The van der Waals surface area contributed by atoms with Gasteiger partial charge in [0.25, 0.3) is 0 Å². The van der Waals surface area contributed by atoms with Crippen molar-refractivity contribution in [1.82, 2.24) is 0 Å². The first kappa shape index (κ1) is 16.1. The predicted octanol–water partition coefficient (Wildman–Crippen LogP) is 5.10. The Morgan fingerprint density at radius 2 is 1.44 bits per heavy atom. The van der Waals surface area contributed by atoms with Crippen molar-refractivity contribution in [3.63, 3.8) is 0 Å². The second-order valence-corrected chi connectivity index (χ2v) is 8.10. The fourth-order valence-electron chi connectivity index (χ4n) is 2.21. The van der Waals surface area contributed by atoms with Gasteiger partial charge in [-0.25, -0.2) is 0 Å². The van der Waals surface area contributed by atoms with Gasteiger partial charge < -0.3 is 0 Å². The van der Waals surface area contributed by atoms with Crippen LogP contribution in [0.5, 0.6) is 0 Å². The van der Waals surface area contributed by atoms with Crippen molar-refractivity contribution in [2.45, 2.75) is 39.5 Å². The van der Waals surface area contributed by atoms with Gasteiger partial charge in [-0.1, -0.05) is 0 Å². The molecule has 0 N–H and O–H groups in total. The fraction of sp³-hybridized carbons (Fsp3) is 0.467. The molecule has 0 aromatic carbocycles. The monoisotopic (exact) mass is 342 g/mol. The van der Waals surface area contributed by atoms with Crippen LogP contribution in [0, 0.1) is 0 Å². The molecule has 0 spiro atoms. The molecule has 0 atom stereocenters. The molecular formula is C15H21ClOZr. The Balaban J connectivity index is 0.000000492. The Hall–Kier alpha value is 0.0931. The van der Waals surface area contributed by atoms with E-state index in [1.807, 2.05) is 6.56 Å². The van der Waals surface area contributed by atoms with E-state index >= 15 is 0 Å². The third-order valence-corrected chi connectivity index (χ3v) is 7.19. The molecule has 2 aliphatic carbocycles. The van der Waals surface area contributed by atoms with Crippen LogP contribution in [0.4, 0.5) is 0 Å². The maximum Gasteiger partial charge on any atom is 0.0606 e. The van der Waals surface area contributed by atoms with E-state index in [-0.39, 0.29) is 0 Å². The van der Waals surface area contributed by atoms with E-state index in [0.717, 1.165) is 0 Å². The van der Waals surface area contributed by atoms with Crippen LogP contribution >= 0.6 is 11.9 Å². The van der Waals surface area contributed by atoms with Gasteiger partial charge in [-0.05, 0) is 0 Å². The third-order valence-electron chi connectivity index (χ3n) is 3.12. The summed E-state index contributed by atoms with van der Waals surface area (Å²) in [7, 11) is 1.39. The molecule has 3 heteroatoms. The first-order valence-corrected chi connectivity index (χ1v) is 9.22. The Morgan fingerprint density at radius 3 is 1.78 bits per heavy atom.